The van der Waals surface area contributed by atoms with E-state index in [1.54, 1.807) is 7.05 Å². The van der Waals surface area contributed by atoms with Crippen molar-refractivity contribution < 1.29 is 4.79 Å². The molecular formula is C14H24N4OS. The molecule has 0 bridgehead atoms. The molecule has 1 aromatic rings. The lowest BCUT2D eigenvalue weighted by Crippen LogP contribution is -2.27. The fraction of sp³-hybridized carbons (Fsp3) is 0.714. The summed E-state index contributed by atoms with van der Waals surface area (Å²) in [6, 6.07) is 0. The lowest BCUT2D eigenvalue weighted by molar-refractivity contribution is 0.0954. The van der Waals surface area contributed by atoms with Crippen LogP contribution in [0.5, 0.6) is 0 Å². The van der Waals surface area contributed by atoms with Gasteiger partial charge in [0.05, 0.1) is 0 Å². The Labute approximate surface area is 124 Å². The third-order valence-electron chi connectivity index (χ3n) is 3.96. The molecule has 1 aromatic heterocycles. The van der Waals surface area contributed by atoms with Crippen LogP contribution in [0.3, 0.4) is 0 Å². The van der Waals surface area contributed by atoms with Crippen LogP contribution in [0.15, 0.2) is 0 Å². The highest BCUT2D eigenvalue weighted by molar-refractivity contribution is 7.18. The number of carbonyl (C=O) groups is 1. The summed E-state index contributed by atoms with van der Waals surface area (Å²) in [5.74, 6) is 1.79. The second-order valence-corrected chi connectivity index (χ2v) is 6.66. The molecule has 4 N–H and O–H groups in total. The molecule has 1 heterocycles. The largest absolute Gasteiger partial charge is 0.382 e. The maximum Gasteiger partial charge on any atom is 0.265 e. The Kier molecular flexibility index (Phi) is 5.23. The van der Waals surface area contributed by atoms with Crippen LogP contribution in [0.1, 0.15) is 48.7 Å². The number of aromatic nitrogens is 1. The molecule has 0 spiro atoms. The summed E-state index contributed by atoms with van der Waals surface area (Å²) in [5, 5.41) is 6.54. The zero-order chi connectivity index (χ0) is 14.5. The average Bonchev–Trinajstić information content (AvgIpc) is 2.80. The quantitative estimate of drug-likeness (QED) is 0.780. The van der Waals surface area contributed by atoms with Crippen molar-refractivity contribution in [3.63, 3.8) is 0 Å². The normalized spacial score (nSPS) is 22.5. The van der Waals surface area contributed by atoms with Gasteiger partial charge >= 0.3 is 0 Å². The number of thiazole rings is 1. The minimum atomic E-state index is -0.106. The molecule has 2 unspecified atom stereocenters. The first kappa shape index (κ1) is 15.1. The predicted molar refractivity (Wildman–Crippen MR) is 84.1 cm³/mol. The van der Waals surface area contributed by atoms with Crippen LogP contribution in [-0.2, 0) is 0 Å². The second kappa shape index (κ2) is 6.92. The Morgan fingerprint density at radius 3 is 2.95 bits per heavy atom. The molecule has 5 nitrogen and oxygen atoms in total. The van der Waals surface area contributed by atoms with Crippen molar-refractivity contribution >= 4 is 28.2 Å². The molecule has 1 aliphatic rings. The maximum atomic E-state index is 12.1. The summed E-state index contributed by atoms with van der Waals surface area (Å²) in [7, 11) is 1.77. The fourth-order valence-electron chi connectivity index (χ4n) is 2.89. The van der Waals surface area contributed by atoms with E-state index in [0.717, 1.165) is 24.8 Å². The van der Waals surface area contributed by atoms with Crippen molar-refractivity contribution in [3.8, 4) is 0 Å². The van der Waals surface area contributed by atoms with Gasteiger partial charge in [0.1, 0.15) is 10.7 Å². The van der Waals surface area contributed by atoms with Crippen LogP contribution in [0.25, 0.3) is 0 Å². The molecule has 0 saturated heterocycles. The number of anilines is 2. The second-order valence-electron chi connectivity index (χ2n) is 5.67. The average molecular weight is 296 g/mol. The van der Waals surface area contributed by atoms with Crippen molar-refractivity contribution in [2.75, 3.05) is 24.6 Å². The zero-order valence-electron chi connectivity index (χ0n) is 12.2. The van der Waals surface area contributed by atoms with Gasteiger partial charge < -0.3 is 16.4 Å². The van der Waals surface area contributed by atoms with Gasteiger partial charge in [0.2, 0.25) is 0 Å². The van der Waals surface area contributed by atoms with Gasteiger partial charge in [0.15, 0.2) is 5.13 Å². The number of amides is 1. The zero-order valence-corrected chi connectivity index (χ0v) is 13.1. The van der Waals surface area contributed by atoms with Crippen LogP contribution in [0, 0.1) is 11.8 Å². The Hall–Kier alpha value is -1.30. The van der Waals surface area contributed by atoms with Crippen molar-refractivity contribution in [3.05, 3.63) is 4.88 Å². The molecule has 20 heavy (non-hydrogen) atoms. The number of nitrogens with zero attached hydrogens (tertiary/aromatic N) is 1. The molecule has 1 fully saturated rings. The van der Waals surface area contributed by atoms with E-state index < -0.39 is 0 Å². The van der Waals surface area contributed by atoms with Gasteiger partial charge in [-0.05, 0) is 24.7 Å². The first-order chi connectivity index (χ1) is 9.60. The summed E-state index contributed by atoms with van der Waals surface area (Å²) in [6.07, 6.45) is 6.34. The van der Waals surface area contributed by atoms with Gasteiger partial charge in [-0.25, -0.2) is 4.98 Å². The van der Waals surface area contributed by atoms with Gasteiger partial charge in [-0.15, -0.1) is 0 Å². The standard InChI is InChI=1S/C14H24N4OS/c1-9-4-3-5-10(8-9)6-7-17-13(19)11-12(15)18-14(16-2)20-11/h9-10H,3-8,15H2,1-2H3,(H,16,18)(H,17,19). The monoisotopic (exact) mass is 296 g/mol. The van der Waals surface area contributed by atoms with E-state index in [2.05, 4.69) is 22.5 Å². The molecule has 1 saturated carbocycles. The topological polar surface area (TPSA) is 80.0 Å². The smallest absolute Gasteiger partial charge is 0.265 e. The number of rotatable bonds is 5. The van der Waals surface area contributed by atoms with Crippen LogP contribution in [-0.4, -0.2) is 24.5 Å². The summed E-state index contributed by atoms with van der Waals surface area (Å²) in [4.78, 5) is 16.6. The van der Waals surface area contributed by atoms with E-state index in [4.69, 9.17) is 5.73 Å². The van der Waals surface area contributed by atoms with E-state index in [-0.39, 0.29) is 5.91 Å². The van der Waals surface area contributed by atoms with Crippen LogP contribution >= 0.6 is 11.3 Å². The number of carbonyl (C=O) groups excluding carboxylic acids is 1. The Balaban J connectivity index is 1.78. The summed E-state index contributed by atoms with van der Waals surface area (Å²) >= 11 is 1.29. The molecule has 0 aliphatic heterocycles. The van der Waals surface area contributed by atoms with Crippen LogP contribution < -0.4 is 16.4 Å². The Morgan fingerprint density at radius 2 is 2.30 bits per heavy atom. The molecule has 0 radical (unpaired) electrons. The van der Waals surface area contributed by atoms with Crippen LogP contribution in [0.2, 0.25) is 0 Å². The number of nitrogens with two attached hydrogens (primary N) is 1. The van der Waals surface area contributed by atoms with Gasteiger partial charge in [-0.3, -0.25) is 4.79 Å². The van der Waals surface area contributed by atoms with E-state index in [0.29, 0.717) is 15.8 Å². The van der Waals surface area contributed by atoms with E-state index in [9.17, 15) is 4.79 Å². The van der Waals surface area contributed by atoms with Gasteiger partial charge in [0, 0.05) is 13.6 Å². The molecule has 2 atom stereocenters. The van der Waals surface area contributed by atoms with Crippen molar-refractivity contribution in [2.24, 2.45) is 11.8 Å². The number of nitrogens with one attached hydrogen (secondary N) is 2. The SMILES string of the molecule is CNc1nc(N)c(C(=O)NCCC2CCCC(C)C2)s1. The number of hydrogen-bond donors (Lipinski definition) is 3. The first-order valence-corrected chi connectivity index (χ1v) is 8.14. The van der Waals surface area contributed by atoms with Crippen molar-refractivity contribution in [2.45, 2.75) is 39.0 Å². The predicted octanol–water partition coefficient (Wildman–Crippen LogP) is 2.71. The minimum Gasteiger partial charge on any atom is -0.382 e. The van der Waals surface area contributed by atoms with Gasteiger partial charge in [-0.2, -0.15) is 0 Å². The van der Waals surface area contributed by atoms with Gasteiger partial charge in [0.25, 0.3) is 5.91 Å². The molecule has 1 amide bonds. The van der Waals surface area contributed by atoms with Crippen molar-refractivity contribution in [1.29, 1.82) is 0 Å². The lowest BCUT2D eigenvalue weighted by atomic mass is 9.81. The third kappa shape index (κ3) is 3.85. The highest BCUT2D eigenvalue weighted by atomic mass is 32.1. The minimum absolute atomic E-state index is 0.106. The maximum absolute atomic E-state index is 12.1. The number of nitrogen functional groups attached to an aromatic ring is 1. The summed E-state index contributed by atoms with van der Waals surface area (Å²) < 4.78 is 0. The highest BCUT2D eigenvalue weighted by Gasteiger charge is 2.19. The third-order valence-corrected chi connectivity index (χ3v) is 5.04. The number of hydrogen-bond acceptors (Lipinski definition) is 5. The van der Waals surface area contributed by atoms with E-state index >= 15 is 0 Å². The highest BCUT2D eigenvalue weighted by Crippen LogP contribution is 2.30. The molecular weight excluding hydrogens is 272 g/mol. The molecule has 1 aliphatic carbocycles. The molecule has 0 aromatic carbocycles. The first-order valence-electron chi connectivity index (χ1n) is 7.32. The Morgan fingerprint density at radius 1 is 1.50 bits per heavy atom. The summed E-state index contributed by atoms with van der Waals surface area (Å²) in [6.45, 7) is 3.05. The molecule has 2 rings (SSSR count). The fourth-order valence-corrected chi connectivity index (χ4v) is 3.65. The van der Waals surface area contributed by atoms with Crippen LogP contribution in [0.4, 0.5) is 10.9 Å². The Bertz CT molecular complexity index is 460. The molecule has 6 heteroatoms. The molecule has 112 valence electrons. The van der Waals surface area contributed by atoms with E-state index in [1.807, 2.05) is 0 Å². The van der Waals surface area contributed by atoms with Gasteiger partial charge in [-0.1, -0.05) is 37.5 Å². The summed E-state index contributed by atoms with van der Waals surface area (Å²) in [5.41, 5.74) is 5.75. The van der Waals surface area contributed by atoms with Crippen molar-refractivity contribution in [1.82, 2.24) is 10.3 Å². The lowest BCUT2D eigenvalue weighted by Gasteiger charge is -2.26. The van der Waals surface area contributed by atoms with E-state index in [1.165, 1.54) is 37.0 Å².